The highest BCUT2D eigenvalue weighted by atomic mass is 32.2. The van der Waals surface area contributed by atoms with E-state index in [0.717, 1.165) is 21.9 Å². The molecule has 0 unspecified atom stereocenters. The molecule has 25 heavy (non-hydrogen) atoms. The lowest BCUT2D eigenvalue weighted by molar-refractivity contribution is -0.139. The molecule has 0 aliphatic carbocycles. The van der Waals surface area contributed by atoms with E-state index in [2.05, 4.69) is 5.10 Å². The topological polar surface area (TPSA) is 59.0 Å². The normalized spacial score (nSPS) is 16.8. The Balaban J connectivity index is 1.68. The third kappa shape index (κ3) is 4.50. The minimum atomic E-state index is -0.292. The van der Waals surface area contributed by atoms with Gasteiger partial charge >= 0.3 is 5.97 Å². The first-order chi connectivity index (χ1) is 12.2. The number of carbonyl (C=O) groups excluding carboxylic acids is 2. The second-order valence-electron chi connectivity index (χ2n) is 5.30. The van der Waals surface area contributed by atoms with Crippen LogP contribution in [-0.4, -0.2) is 40.7 Å². The van der Waals surface area contributed by atoms with E-state index in [-0.39, 0.29) is 29.4 Å². The lowest BCUT2D eigenvalue weighted by Gasteiger charge is -2.20. The van der Waals surface area contributed by atoms with Crippen LogP contribution in [0.1, 0.15) is 29.1 Å². The average molecular weight is 395 g/mol. The van der Waals surface area contributed by atoms with Gasteiger partial charge in [-0.1, -0.05) is 12.1 Å². The third-order valence-electron chi connectivity index (χ3n) is 3.59. The molecule has 3 heterocycles. The molecule has 0 spiro atoms. The maximum atomic E-state index is 12.7. The molecule has 1 aliphatic heterocycles. The van der Waals surface area contributed by atoms with Crippen LogP contribution in [0.3, 0.4) is 0 Å². The van der Waals surface area contributed by atoms with Gasteiger partial charge in [-0.3, -0.25) is 9.59 Å². The van der Waals surface area contributed by atoms with Gasteiger partial charge in [-0.2, -0.15) is 5.10 Å². The van der Waals surface area contributed by atoms with Crippen molar-refractivity contribution in [3.05, 3.63) is 44.8 Å². The minimum absolute atomic E-state index is 0.0622. The Bertz CT molecular complexity index is 741. The molecule has 1 atom stereocenters. The summed E-state index contributed by atoms with van der Waals surface area (Å²) in [6.07, 6.45) is 0.718. The van der Waals surface area contributed by atoms with E-state index in [1.807, 2.05) is 35.0 Å². The van der Waals surface area contributed by atoms with Crippen LogP contribution in [0.2, 0.25) is 0 Å². The molecule has 2 aromatic heterocycles. The highest BCUT2D eigenvalue weighted by molar-refractivity contribution is 8.00. The van der Waals surface area contributed by atoms with Crippen molar-refractivity contribution in [3.63, 3.8) is 0 Å². The van der Waals surface area contributed by atoms with Crippen molar-refractivity contribution in [2.45, 2.75) is 19.4 Å². The maximum absolute atomic E-state index is 12.7. The zero-order valence-electron chi connectivity index (χ0n) is 13.7. The first kappa shape index (κ1) is 18.2. The van der Waals surface area contributed by atoms with Crippen molar-refractivity contribution in [2.24, 2.45) is 5.10 Å². The standard InChI is InChI=1S/C17H18N2O3S3/c1-2-22-17(21)11-23-10-16(20)19-13(15-6-4-8-25-15)9-12(18-19)14-5-3-7-24-14/h3-8,13H,2,9-11H2,1H3/t13-/m1/s1. The fourth-order valence-corrected chi connectivity index (χ4v) is 4.72. The van der Waals surface area contributed by atoms with Crippen LogP contribution < -0.4 is 0 Å². The predicted molar refractivity (Wildman–Crippen MR) is 103 cm³/mol. The van der Waals surface area contributed by atoms with E-state index < -0.39 is 0 Å². The van der Waals surface area contributed by atoms with E-state index in [4.69, 9.17) is 4.74 Å². The minimum Gasteiger partial charge on any atom is -0.465 e. The Morgan fingerprint density at radius 3 is 2.76 bits per heavy atom. The van der Waals surface area contributed by atoms with E-state index in [9.17, 15) is 9.59 Å². The van der Waals surface area contributed by atoms with Gasteiger partial charge in [-0.15, -0.1) is 34.4 Å². The van der Waals surface area contributed by atoms with Gasteiger partial charge in [0.2, 0.25) is 0 Å². The molecule has 0 aromatic carbocycles. The van der Waals surface area contributed by atoms with Crippen LogP contribution in [0.15, 0.2) is 40.1 Å². The van der Waals surface area contributed by atoms with E-state index in [0.29, 0.717) is 6.61 Å². The molecular weight excluding hydrogens is 376 g/mol. The number of amides is 1. The largest absolute Gasteiger partial charge is 0.465 e. The lowest BCUT2D eigenvalue weighted by atomic mass is 10.1. The first-order valence-electron chi connectivity index (χ1n) is 7.89. The number of carbonyl (C=O) groups is 2. The van der Waals surface area contributed by atoms with E-state index in [1.54, 1.807) is 34.6 Å². The zero-order valence-corrected chi connectivity index (χ0v) is 16.2. The van der Waals surface area contributed by atoms with Crippen molar-refractivity contribution < 1.29 is 14.3 Å². The highest BCUT2D eigenvalue weighted by Gasteiger charge is 2.33. The molecular formula is C17H18N2O3S3. The van der Waals surface area contributed by atoms with Crippen molar-refractivity contribution in [1.82, 2.24) is 5.01 Å². The molecule has 0 radical (unpaired) electrons. The summed E-state index contributed by atoms with van der Waals surface area (Å²) in [5.41, 5.74) is 0.942. The van der Waals surface area contributed by atoms with E-state index in [1.165, 1.54) is 11.8 Å². The molecule has 3 rings (SSSR count). The van der Waals surface area contributed by atoms with E-state index >= 15 is 0 Å². The van der Waals surface area contributed by atoms with Gasteiger partial charge < -0.3 is 4.74 Å². The van der Waals surface area contributed by atoms with Crippen LogP contribution >= 0.6 is 34.4 Å². The molecule has 2 aromatic rings. The number of nitrogens with zero attached hydrogens (tertiary/aromatic N) is 2. The molecule has 1 aliphatic rings. The van der Waals surface area contributed by atoms with Gasteiger partial charge in [-0.25, -0.2) is 5.01 Å². The second kappa shape index (κ2) is 8.64. The molecule has 0 N–H and O–H groups in total. The van der Waals surface area contributed by atoms with Crippen LogP contribution in [0.25, 0.3) is 0 Å². The molecule has 5 nitrogen and oxygen atoms in total. The Hall–Kier alpha value is -1.64. The number of hydrogen-bond acceptors (Lipinski definition) is 7. The van der Waals surface area contributed by atoms with Crippen molar-refractivity contribution in [1.29, 1.82) is 0 Å². The first-order valence-corrected chi connectivity index (χ1v) is 10.8. The third-order valence-corrected chi connectivity index (χ3v) is 6.38. The summed E-state index contributed by atoms with van der Waals surface area (Å²) in [5.74, 6) is 0.0130. The van der Waals surface area contributed by atoms with Gasteiger partial charge in [0, 0.05) is 11.3 Å². The van der Waals surface area contributed by atoms with Gasteiger partial charge in [0.25, 0.3) is 5.91 Å². The zero-order chi connectivity index (χ0) is 17.6. The molecule has 1 amide bonds. The number of thiophene rings is 2. The van der Waals surface area contributed by atoms with Gasteiger partial charge in [0.15, 0.2) is 0 Å². The summed E-state index contributed by atoms with van der Waals surface area (Å²) in [6.45, 7) is 2.12. The van der Waals surface area contributed by atoms with Gasteiger partial charge in [-0.05, 0) is 29.8 Å². The summed E-state index contributed by atoms with van der Waals surface area (Å²) >= 11 is 4.53. The van der Waals surface area contributed by atoms with Crippen LogP contribution in [0.4, 0.5) is 0 Å². The molecule has 0 bridgehead atoms. The number of hydrazone groups is 1. The summed E-state index contributed by atoms with van der Waals surface area (Å²) in [6, 6.07) is 7.98. The fourth-order valence-electron chi connectivity index (χ4n) is 2.52. The summed E-state index contributed by atoms with van der Waals surface area (Å²) in [7, 11) is 0. The number of thioether (sulfide) groups is 1. The van der Waals surface area contributed by atoms with Crippen molar-refractivity contribution in [2.75, 3.05) is 18.1 Å². The smallest absolute Gasteiger partial charge is 0.315 e. The van der Waals surface area contributed by atoms with Crippen LogP contribution in [0.5, 0.6) is 0 Å². The van der Waals surface area contributed by atoms with Crippen molar-refractivity contribution in [3.8, 4) is 0 Å². The summed E-state index contributed by atoms with van der Waals surface area (Å²) in [4.78, 5) is 26.3. The monoisotopic (exact) mass is 394 g/mol. The fraction of sp³-hybridized carbons (Fsp3) is 0.353. The Morgan fingerprint density at radius 2 is 2.08 bits per heavy atom. The Kier molecular flexibility index (Phi) is 6.28. The highest BCUT2D eigenvalue weighted by Crippen LogP contribution is 2.36. The predicted octanol–water partition coefficient (Wildman–Crippen LogP) is 3.78. The second-order valence-corrected chi connectivity index (χ2v) is 8.21. The average Bonchev–Trinajstić information content (AvgIpc) is 3.33. The molecule has 0 fully saturated rings. The number of esters is 1. The Morgan fingerprint density at radius 1 is 1.28 bits per heavy atom. The van der Waals surface area contributed by atoms with Crippen LogP contribution in [-0.2, 0) is 14.3 Å². The quantitative estimate of drug-likeness (QED) is 0.671. The maximum Gasteiger partial charge on any atom is 0.315 e. The van der Waals surface area contributed by atoms with Gasteiger partial charge in [0.1, 0.15) is 0 Å². The SMILES string of the molecule is CCOC(=O)CSCC(=O)N1N=C(c2cccs2)C[C@@H]1c1cccs1. The summed E-state index contributed by atoms with van der Waals surface area (Å²) in [5, 5.41) is 10.2. The molecule has 132 valence electrons. The molecule has 0 saturated carbocycles. The molecule has 8 heteroatoms. The van der Waals surface area contributed by atoms with Crippen molar-refractivity contribution >= 4 is 52.0 Å². The Labute approximate surface area is 158 Å². The lowest BCUT2D eigenvalue weighted by Crippen LogP contribution is -2.28. The number of hydrogen-bond donors (Lipinski definition) is 0. The molecule has 0 saturated heterocycles. The summed E-state index contributed by atoms with van der Waals surface area (Å²) < 4.78 is 4.89. The number of rotatable bonds is 7. The number of ether oxygens (including phenoxy) is 1. The van der Waals surface area contributed by atoms with Gasteiger partial charge in [0.05, 0.1) is 34.7 Å². The van der Waals surface area contributed by atoms with Crippen LogP contribution in [0, 0.1) is 0 Å².